The fraction of sp³-hybridized carbons (Fsp3) is 0.583. The van der Waals surface area contributed by atoms with Crippen molar-refractivity contribution in [3.63, 3.8) is 0 Å². The highest BCUT2D eigenvalue weighted by Crippen LogP contribution is 2.29. The first-order valence-corrected chi connectivity index (χ1v) is 5.72. The molecule has 0 radical (unpaired) electrons. The van der Waals surface area contributed by atoms with E-state index in [4.69, 9.17) is 15.6 Å². The Morgan fingerprint density at radius 3 is 2.94 bits per heavy atom. The van der Waals surface area contributed by atoms with Crippen molar-refractivity contribution in [3.8, 4) is 5.88 Å². The highest BCUT2D eigenvalue weighted by Gasteiger charge is 2.22. The zero-order valence-electron chi connectivity index (χ0n) is 9.71. The van der Waals surface area contributed by atoms with Gasteiger partial charge in [-0.1, -0.05) is 6.07 Å². The molecule has 3 N–H and O–H groups in total. The van der Waals surface area contributed by atoms with E-state index < -0.39 is 0 Å². The lowest BCUT2D eigenvalue weighted by Crippen LogP contribution is -2.27. The van der Waals surface area contributed by atoms with E-state index in [-0.39, 0.29) is 25.1 Å². The first kappa shape index (κ1) is 14.2. The minimum absolute atomic E-state index is 0. The summed E-state index contributed by atoms with van der Waals surface area (Å²) in [5.74, 6) is 1.37. The standard InChI is InChI=1S/C12H18N2O2.ClH/c13-11(7-15)6-10-2-1-5-14-12(10)16-8-9-3-4-9;/h1-2,5,9,11,15H,3-4,6-8,13H2;1H. The van der Waals surface area contributed by atoms with Crippen LogP contribution in [0.4, 0.5) is 0 Å². The smallest absolute Gasteiger partial charge is 0.216 e. The Morgan fingerprint density at radius 1 is 1.53 bits per heavy atom. The Balaban J connectivity index is 0.00000144. The molecule has 1 saturated carbocycles. The maximum absolute atomic E-state index is 8.93. The van der Waals surface area contributed by atoms with Crippen molar-refractivity contribution >= 4 is 12.4 Å². The van der Waals surface area contributed by atoms with Crippen LogP contribution in [-0.4, -0.2) is 29.3 Å². The number of aliphatic hydroxyl groups is 1. The van der Waals surface area contributed by atoms with Gasteiger partial charge in [0.15, 0.2) is 0 Å². The van der Waals surface area contributed by atoms with Crippen LogP contribution in [0.3, 0.4) is 0 Å². The number of hydrogen-bond donors (Lipinski definition) is 2. The Labute approximate surface area is 108 Å². The van der Waals surface area contributed by atoms with Gasteiger partial charge in [-0.2, -0.15) is 0 Å². The molecule has 1 atom stereocenters. The zero-order chi connectivity index (χ0) is 11.4. The van der Waals surface area contributed by atoms with Crippen LogP contribution in [0.15, 0.2) is 18.3 Å². The quantitative estimate of drug-likeness (QED) is 0.803. The molecule has 17 heavy (non-hydrogen) atoms. The van der Waals surface area contributed by atoms with Crippen LogP contribution < -0.4 is 10.5 Å². The Morgan fingerprint density at radius 2 is 2.29 bits per heavy atom. The molecule has 1 aliphatic carbocycles. The number of aromatic nitrogens is 1. The molecule has 0 amide bonds. The summed E-state index contributed by atoms with van der Waals surface area (Å²) in [5.41, 5.74) is 6.69. The third-order valence-corrected chi connectivity index (χ3v) is 2.72. The molecule has 0 aromatic carbocycles. The minimum atomic E-state index is -0.243. The number of rotatable bonds is 6. The number of halogens is 1. The lowest BCUT2D eigenvalue weighted by Gasteiger charge is -2.12. The second-order valence-corrected chi connectivity index (χ2v) is 4.37. The van der Waals surface area contributed by atoms with E-state index >= 15 is 0 Å². The summed E-state index contributed by atoms with van der Waals surface area (Å²) in [5, 5.41) is 8.93. The van der Waals surface area contributed by atoms with Crippen LogP contribution in [-0.2, 0) is 6.42 Å². The monoisotopic (exact) mass is 258 g/mol. The van der Waals surface area contributed by atoms with Crippen molar-refractivity contribution in [3.05, 3.63) is 23.9 Å². The summed E-state index contributed by atoms with van der Waals surface area (Å²) in [6, 6.07) is 3.57. The van der Waals surface area contributed by atoms with Crippen LogP contribution in [0.2, 0.25) is 0 Å². The molecule has 0 aliphatic heterocycles. The fourth-order valence-corrected chi connectivity index (χ4v) is 1.54. The van der Waals surface area contributed by atoms with Gasteiger partial charge in [0.05, 0.1) is 13.2 Å². The van der Waals surface area contributed by atoms with Gasteiger partial charge in [0.25, 0.3) is 0 Å². The fourth-order valence-electron chi connectivity index (χ4n) is 1.54. The van der Waals surface area contributed by atoms with E-state index in [2.05, 4.69) is 4.98 Å². The summed E-state index contributed by atoms with van der Waals surface area (Å²) in [6.07, 6.45) is 4.84. The minimum Gasteiger partial charge on any atom is -0.477 e. The van der Waals surface area contributed by atoms with Gasteiger partial charge in [0.1, 0.15) is 0 Å². The number of nitrogens with zero attached hydrogens (tertiary/aromatic N) is 1. The molecule has 1 heterocycles. The van der Waals surface area contributed by atoms with Crippen LogP contribution in [0.1, 0.15) is 18.4 Å². The van der Waals surface area contributed by atoms with Crippen LogP contribution in [0.25, 0.3) is 0 Å². The molecule has 0 bridgehead atoms. The average molecular weight is 259 g/mol. The first-order chi connectivity index (χ1) is 7.79. The number of aliphatic hydroxyl groups excluding tert-OH is 1. The maximum Gasteiger partial charge on any atom is 0.216 e. The van der Waals surface area contributed by atoms with E-state index in [0.717, 1.165) is 12.2 Å². The number of pyridine rings is 1. The van der Waals surface area contributed by atoms with Gasteiger partial charge < -0.3 is 15.6 Å². The molecule has 0 saturated heterocycles. The topological polar surface area (TPSA) is 68.4 Å². The second-order valence-electron chi connectivity index (χ2n) is 4.37. The molecule has 4 nitrogen and oxygen atoms in total. The first-order valence-electron chi connectivity index (χ1n) is 5.72. The zero-order valence-corrected chi connectivity index (χ0v) is 10.5. The van der Waals surface area contributed by atoms with Crippen molar-refractivity contribution in [2.45, 2.75) is 25.3 Å². The van der Waals surface area contributed by atoms with E-state index in [0.29, 0.717) is 18.2 Å². The van der Waals surface area contributed by atoms with Crippen LogP contribution >= 0.6 is 12.4 Å². The molecule has 1 aromatic rings. The van der Waals surface area contributed by atoms with Gasteiger partial charge in [0.2, 0.25) is 5.88 Å². The highest BCUT2D eigenvalue weighted by atomic mass is 35.5. The molecular weight excluding hydrogens is 240 g/mol. The number of hydrogen-bond acceptors (Lipinski definition) is 4. The highest BCUT2D eigenvalue weighted by molar-refractivity contribution is 5.85. The molecule has 5 heteroatoms. The Kier molecular flexibility index (Phi) is 5.68. The second kappa shape index (κ2) is 6.79. The van der Waals surface area contributed by atoms with Crippen molar-refractivity contribution in [2.24, 2.45) is 11.7 Å². The molecule has 0 spiro atoms. The molecule has 2 rings (SSSR count). The number of ether oxygens (including phenoxy) is 1. The largest absolute Gasteiger partial charge is 0.477 e. The summed E-state index contributed by atoms with van der Waals surface area (Å²) in [7, 11) is 0. The van der Waals surface area contributed by atoms with E-state index in [1.54, 1.807) is 6.20 Å². The van der Waals surface area contributed by atoms with Crippen molar-refractivity contribution in [1.29, 1.82) is 0 Å². The molecule has 1 fully saturated rings. The maximum atomic E-state index is 8.93. The number of nitrogens with two attached hydrogens (primary N) is 1. The van der Waals surface area contributed by atoms with E-state index in [1.807, 2.05) is 12.1 Å². The van der Waals surface area contributed by atoms with Gasteiger partial charge in [-0.05, 0) is 31.2 Å². The van der Waals surface area contributed by atoms with E-state index in [9.17, 15) is 0 Å². The molecule has 1 aromatic heterocycles. The average Bonchev–Trinajstić information content (AvgIpc) is 3.11. The Hall–Kier alpha value is -0.840. The van der Waals surface area contributed by atoms with Crippen molar-refractivity contribution in [1.82, 2.24) is 4.98 Å². The van der Waals surface area contributed by atoms with Crippen LogP contribution in [0.5, 0.6) is 5.88 Å². The van der Waals surface area contributed by atoms with Crippen molar-refractivity contribution < 1.29 is 9.84 Å². The van der Waals surface area contributed by atoms with Gasteiger partial charge in [-0.3, -0.25) is 0 Å². The van der Waals surface area contributed by atoms with Gasteiger partial charge in [-0.15, -0.1) is 12.4 Å². The molecule has 1 aliphatic rings. The molecule has 96 valence electrons. The van der Waals surface area contributed by atoms with Gasteiger partial charge in [-0.25, -0.2) is 4.98 Å². The van der Waals surface area contributed by atoms with Gasteiger partial charge >= 0.3 is 0 Å². The molecular formula is C12H19ClN2O2. The van der Waals surface area contributed by atoms with Crippen molar-refractivity contribution in [2.75, 3.05) is 13.2 Å². The SMILES string of the molecule is Cl.NC(CO)Cc1cccnc1OCC1CC1. The third kappa shape index (κ3) is 4.50. The normalized spacial score (nSPS) is 16.1. The lowest BCUT2D eigenvalue weighted by atomic mass is 10.1. The predicted octanol–water partition coefficient (Wildman–Crippen LogP) is 1.15. The lowest BCUT2D eigenvalue weighted by molar-refractivity contribution is 0.260. The molecule has 1 unspecified atom stereocenters. The predicted molar refractivity (Wildman–Crippen MR) is 68.5 cm³/mol. The summed E-state index contributed by atoms with van der Waals surface area (Å²) >= 11 is 0. The summed E-state index contributed by atoms with van der Waals surface area (Å²) in [6.45, 7) is 0.731. The summed E-state index contributed by atoms with van der Waals surface area (Å²) < 4.78 is 5.66. The van der Waals surface area contributed by atoms with E-state index in [1.165, 1.54) is 12.8 Å². The van der Waals surface area contributed by atoms with Crippen LogP contribution in [0, 0.1) is 5.92 Å². The summed E-state index contributed by atoms with van der Waals surface area (Å²) in [4.78, 5) is 4.21. The Bertz CT molecular complexity index is 345. The third-order valence-electron chi connectivity index (χ3n) is 2.72. The van der Waals surface area contributed by atoms with Gasteiger partial charge in [0, 0.05) is 17.8 Å².